The van der Waals surface area contributed by atoms with Crippen molar-refractivity contribution in [2.45, 2.75) is 18.8 Å². The highest BCUT2D eigenvalue weighted by Gasteiger charge is 2.25. The van der Waals surface area contributed by atoms with Crippen molar-refractivity contribution in [2.24, 2.45) is 0 Å². The first-order chi connectivity index (χ1) is 18.9. The Morgan fingerprint density at radius 1 is 0.949 bits per heavy atom. The van der Waals surface area contributed by atoms with Crippen LogP contribution in [0.3, 0.4) is 0 Å². The van der Waals surface area contributed by atoms with Crippen molar-refractivity contribution in [3.05, 3.63) is 124 Å². The number of halogens is 1. The van der Waals surface area contributed by atoms with Gasteiger partial charge in [-0.15, -0.1) is 0 Å². The van der Waals surface area contributed by atoms with Gasteiger partial charge in [-0.2, -0.15) is 0 Å². The van der Waals surface area contributed by atoms with Crippen LogP contribution in [0.5, 0.6) is 0 Å². The van der Waals surface area contributed by atoms with Crippen LogP contribution in [-0.2, 0) is 0 Å². The number of pyridine rings is 1. The number of carbonyl (C=O) groups excluding carboxylic acids is 2. The molecule has 0 spiro atoms. The molecular weight excluding hydrogens is 499 g/mol. The lowest BCUT2D eigenvalue weighted by Crippen LogP contribution is -2.37. The molecule has 9 heteroatoms. The molecule has 196 valence electrons. The summed E-state index contributed by atoms with van der Waals surface area (Å²) >= 11 is 0. The highest BCUT2D eigenvalue weighted by atomic mass is 19.1. The van der Waals surface area contributed by atoms with E-state index in [9.17, 15) is 24.1 Å². The largest absolute Gasteiger partial charge is 0.339 e. The second kappa shape index (κ2) is 11.2. The summed E-state index contributed by atoms with van der Waals surface area (Å²) in [5.74, 6) is -1.35. The number of hydrogen-bond donors (Lipinski definition) is 1. The minimum atomic E-state index is -0.955. The van der Waals surface area contributed by atoms with Crippen LogP contribution >= 0.6 is 0 Å². The molecule has 1 fully saturated rings. The average Bonchev–Trinajstić information content (AvgIpc) is 2.97. The van der Waals surface area contributed by atoms with Crippen molar-refractivity contribution in [1.29, 1.82) is 0 Å². The monoisotopic (exact) mass is 524 g/mol. The Hall–Kier alpha value is -4.92. The Labute approximate surface area is 224 Å². The highest BCUT2D eigenvalue weighted by Crippen LogP contribution is 2.30. The number of likely N-dealkylation sites (tertiary alicyclic amines) is 1. The normalized spacial score (nSPS) is 13.6. The number of nitrogens with one attached hydrogen (secondary N) is 1. The van der Waals surface area contributed by atoms with E-state index in [1.54, 1.807) is 24.5 Å². The number of anilines is 1. The number of piperidine rings is 1. The summed E-state index contributed by atoms with van der Waals surface area (Å²) in [5.41, 5.74) is 3.57. The van der Waals surface area contributed by atoms with Crippen molar-refractivity contribution in [2.75, 3.05) is 18.4 Å². The van der Waals surface area contributed by atoms with Crippen molar-refractivity contribution < 1.29 is 18.9 Å². The summed E-state index contributed by atoms with van der Waals surface area (Å²) in [5, 5.41) is 13.4. The molecule has 5 rings (SSSR count). The number of rotatable bonds is 6. The Balaban J connectivity index is 1.16. The molecule has 39 heavy (non-hydrogen) atoms. The third-order valence-corrected chi connectivity index (χ3v) is 6.96. The second-order valence-electron chi connectivity index (χ2n) is 9.38. The number of benzene rings is 3. The van der Waals surface area contributed by atoms with E-state index in [-0.39, 0.29) is 17.4 Å². The van der Waals surface area contributed by atoms with Gasteiger partial charge in [-0.1, -0.05) is 30.3 Å². The van der Waals surface area contributed by atoms with Crippen molar-refractivity contribution in [3.8, 4) is 11.1 Å². The number of carbonyl (C=O) groups is 2. The van der Waals surface area contributed by atoms with Crippen molar-refractivity contribution >= 4 is 23.2 Å². The SMILES string of the molecule is O=C(Nc1ccc(C2CCN(C(=O)c3ccc(-c4cccnc4)cc3)CC2)cc1)c1ccc([N+](=O)[O-])cc1F. The lowest BCUT2D eigenvalue weighted by Gasteiger charge is -2.32. The van der Waals surface area contributed by atoms with Crippen molar-refractivity contribution in [1.82, 2.24) is 9.88 Å². The molecule has 4 aromatic rings. The minimum Gasteiger partial charge on any atom is -0.339 e. The summed E-state index contributed by atoms with van der Waals surface area (Å²) in [6.45, 7) is 1.29. The lowest BCUT2D eigenvalue weighted by atomic mass is 9.89. The number of aromatic nitrogens is 1. The molecule has 1 saturated heterocycles. The van der Waals surface area contributed by atoms with Gasteiger partial charge in [0.05, 0.1) is 16.6 Å². The van der Waals surface area contributed by atoms with Gasteiger partial charge in [0, 0.05) is 42.8 Å². The van der Waals surface area contributed by atoms with E-state index >= 15 is 0 Å². The first-order valence-corrected chi connectivity index (χ1v) is 12.5. The predicted molar refractivity (Wildman–Crippen MR) is 145 cm³/mol. The molecule has 0 aliphatic carbocycles. The molecule has 0 atom stereocenters. The average molecular weight is 525 g/mol. The zero-order chi connectivity index (χ0) is 27.4. The van der Waals surface area contributed by atoms with E-state index in [2.05, 4.69) is 10.3 Å². The maximum Gasteiger partial charge on any atom is 0.272 e. The smallest absolute Gasteiger partial charge is 0.272 e. The molecule has 3 aromatic carbocycles. The molecule has 0 saturated carbocycles. The van der Waals surface area contributed by atoms with E-state index in [4.69, 9.17) is 0 Å². The van der Waals surface area contributed by atoms with E-state index in [1.165, 1.54) is 0 Å². The molecule has 0 unspecified atom stereocenters. The van der Waals surface area contributed by atoms with Crippen LogP contribution in [0, 0.1) is 15.9 Å². The molecule has 8 nitrogen and oxygen atoms in total. The number of non-ortho nitro benzene ring substituents is 1. The van der Waals surface area contributed by atoms with Gasteiger partial charge in [0.1, 0.15) is 5.82 Å². The van der Waals surface area contributed by atoms with Gasteiger partial charge < -0.3 is 10.2 Å². The standard InChI is InChI=1S/C30H25FN4O4/c31-28-18-26(35(38)39)11-12-27(28)29(36)33-25-9-7-20(8-10-25)22-13-16-34(17-14-22)30(37)23-5-3-21(4-6-23)24-2-1-15-32-19-24/h1-12,15,18-19,22H,13-14,16-17H2,(H,33,36). The fourth-order valence-corrected chi connectivity index (χ4v) is 4.78. The number of nitro groups is 1. The third kappa shape index (κ3) is 5.82. The molecular formula is C30H25FN4O4. The first kappa shape index (κ1) is 25.7. The first-order valence-electron chi connectivity index (χ1n) is 12.5. The molecule has 2 heterocycles. The Kier molecular flexibility index (Phi) is 7.40. The summed E-state index contributed by atoms with van der Waals surface area (Å²) in [4.78, 5) is 41.6. The van der Waals surface area contributed by atoms with Gasteiger partial charge in [-0.25, -0.2) is 4.39 Å². The van der Waals surface area contributed by atoms with Crippen LogP contribution in [-0.4, -0.2) is 39.7 Å². The molecule has 1 aromatic heterocycles. The Morgan fingerprint density at radius 3 is 2.28 bits per heavy atom. The number of amides is 2. The van der Waals surface area contributed by atoms with Gasteiger partial charge in [-0.3, -0.25) is 24.7 Å². The highest BCUT2D eigenvalue weighted by molar-refractivity contribution is 6.04. The zero-order valence-electron chi connectivity index (χ0n) is 20.9. The van der Waals surface area contributed by atoms with Gasteiger partial charge in [0.2, 0.25) is 0 Å². The molecule has 1 aliphatic heterocycles. The van der Waals surface area contributed by atoms with Gasteiger partial charge in [-0.05, 0) is 71.8 Å². The Bertz CT molecular complexity index is 1500. The summed E-state index contributed by atoms with van der Waals surface area (Å²) in [6, 6.07) is 21.7. The van der Waals surface area contributed by atoms with Gasteiger partial charge >= 0.3 is 0 Å². The lowest BCUT2D eigenvalue weighted by molar-refractivity contribution is -0.385. The van der Waals surface area contributed by atoms with E-state index in [0.29, 0.717) is 24.3 Å². The predicted octanol–water partition coefficient (Wildman–Crippen LogP) is 6.07. The third-order valence-electron chi connectivity index (χ3n) is 6.96. The molecule has 0 bridgehead atoms. The molecule has 2 amide bonds. The number of nitro benzene ring substituents is 1. The zero-order valence-corrected chi connectivity index (χ0v) is 20.9. The van der Waals surface area contributed by atoms with E-state index in [0.717, 1.165) is 47.7 Å². The van der Waals surface area contributed by atoms with Crippen LogP contribution in [0.15, 0.2) is 91.3 Å². The van der Waals surface area contributed by atoms with Crippen LogP contribution in [0.1, 0.15) is 45.0 Å². The summed E-state index contributed by atoms with van der Waals surface area (Å²) in [6.07, 6.45) is 5.16. The van der Waals surface area contributed by atoms with Crippen LogP contribution < -0.4 is 5.32 Å². The van der Waals surface area contributed by atoms with Crippen LogP contribution in [0.4, 0.5) is 15.8 Å². The Morgan fingerprint density at radius 2 is 1.67 bits per heavy atom. The minimum absolute atomic E-state index is 0.0164. The number of hydrogen-bond acceptors (Lipinski definition) is 5. The maximum atomic E-state index is 14.2. The van der Waals surface area contributed by atoms with Gasteiger partial charge in [0.15, 0.2) is 0 Å². The summed E-state index contributed by atoms with van der Waals surface area (Å²) < 4.78 is 14.2. The van der Waals surface area contributed by atoms with Crippen LogP contribution in [0.2, 0.25) is 0 Å². The van der Waals surface area contributed by atoms with Gasteiger partial charge in [0.25, 0.3) is 17.5 Å². The number of nitrogens with zero attached hydrogens (tertiary/aromatic N) is 3. The maximum absolute atomic E-state index is 14.2. The van der Waals surface area contributed by atoms with Crippen LogP contribution in [0.25, 0.3) is 11.1 Å². The fraction of sp³-hybridized carbons (Fsp3) is 0.167. The second-order valence-corrected chi connectivity index (χ2v) is 9.38. The molecule has 1 N–H and O–H groups in total. The molecule has 0 radical (unpaired) electrons. The topological polar surface area (TPSA) is 105 Å². The van der Waals surface area contributed by atoms with Crippen molar-refractivity contribution in [3.63, 3.8) is 0 Å². The quantitative estimate of drug-likeness (QED) is 0.244. The van der Waals surface area contributed by atoms with E-state index < -0.39 is 22.3 Å². The van der Waals surface area contributed by atoms with E-state index in [1.807, 2.05) is 53.4 Å². The fourth-order valence-electron chi connectivity index (χ4n) is 4.78. The molecule has 1 aliphatic rings. The summed E-state index contributed by atoms with van der Waals surface area (Å²) in [7, 11) is 0.